The summed E-state index contributed by atoms with van der Waals surface area (Å²) < 4.78 is 5.02. The molecule has 0 atom stereocenters. The van der Waals surface area contributed by atoms with E-state index >= 15 is 0 Å². The summed E-state index contributed by atoms with van der Waals surface area (Å²) in [7, 11) is 1.47. The molecule has 0 saturated heterocycles. The monoisotopic (exact) mass is 399 g/mol. The largest absolute Gasteiger partial charge is 0.481 e. The molecule has 27 heavy (non-hydrogen) atoms. The average molecular weight is 399 g/mol. The summed E-state index contributed by atoms with van der Waals surface area (Å²) in [4.78, 5) is 47.6. The van der Waals surface area contributed by atoms with Gasteiger partial charge in [-0.3, -0.25) is 14.9 Å². The van der Waals surface area contributed by atoms with Crippen LogP contribution in [0.15, 0.2) is 0 Å². The number of amides is 3. The molecule has 1 aromatic heterocycles. The molecule has 0 aliphatic rings. The first-order valence-corrected chi connectivity index (χ1v) is 9.17. The summed E-state index contributed by atoms with van der Waals surface area (Å²) in [6.45, 7) is 6.79. The van der Waals surface area contributed by atoms with Crippen molar-refractivity contribution in [1.82, 2.24) is 10.6 Å². The molecule has 0 spiro atoms. The van der Waals surface area contributed by atoms with Crippen LogP contribution in [0.5, 0.6) is 0 Å². The molecule has 0 fully saturated rings. The van der Waals surface area contributed by atoms with Crippen LogP contribution in [0, 0.1) is 6.92 Å². The summed E-state index contributed by atoms with van der Waals surface area (Å²) in [6.07, 6.45) is 0.133. The van der Waals surface area contributed by atoms with Crippen molar-refractivity contribution in [3.8, 4) is 0 Å². The fourth-order valence-corrected chi connectivity index (χ4v) is 3.44. The van der Waals surface area contributed by atoms with E-state index in [-0.39, 0.29) is 35.9 Å². The third-order valence-electron chi connectivity index (χ3n) is 3.70. The number of carbonyl (C=O) groups is 4. The van der Waals surface area contributed by atoms with E-state index in [9.17, 15) is 19.2 Å². The van der Waals surface area contributed by atoms with Crippen LogP contribution in [0.2, 0.25) is 0 Å². The van der Waals surface area contributed by atoms with Gasteiger partial charge in [0.1, 0.15) is 5.00 Å². The Labute approximate surface area is 161 Å². The number of rotatable bonds is 8. The lowest BCUT2D eigenvalue weighted by atomic mass is 9.99. The SMILES string of the molecule is CCOC(=O)c1c(NC(=O)NC(C)(C)CCC(=O)O)sc(C(=O)NC)c1C. The smallest absolute Gasteiger partial charge is 0.341 e. The van der Waals surface area contributed by atoms with Crippen molar-refractivity contribution in [2.24, 2.45) is 0 Å². The first kappa shape index (κ1) is 22.4. The Morgan fingerprint density at radius 1 is 1.22 bits per heavy atom. The molecule has 1 rings (SSSR count). The van der Waals surface area contributed by atoms with Gasteiger partial charge in [-0.1, -0.05) is 0 Å². The van der Waals surface area contributed by atoms with E-state index in [4.69, 9.17) is 9.84 Å². The summed E-state index contributed by atoms with van der Waals surface area (Å²) in [6, 6.07) is -0.611. The Balaban J connectivity index is 3.07. The molecule has 0 bridgehead atoms. The molecule has 10 heteroatoms. The lowest BCUT2D eigenvalue weighted by Crippen LogP contribution is -2.45. The number of anilines is 1. The van der Waals surface area contributed by atoms with E-state index < -0.39 is 23.5 Å². The van der Waals surface area contributed by atoms with Crippen molar-refractivity contribution in [2.45, 2.75) is 46.1 Å². The maximum atomic E-state index is 12.3. The number of thiophene rings is 1. The van der Waals surface area contributed by atoms with Crippen LogP contribution in [-0.4, -0.2) is 48.2 Å². The quantitative estimate of drug-likeness (QED) is 0.496. The molecule has 0 radical (unpaired) electrons. The molecule has 150 valence electrons. The number of urea groups is 1. The van der Waals surface area contributed by atoms with E-state index in [1.54, 1.807) is 27.7 Å². The van der Waals surface area contributed by atoms with E-state index in [0.717, 1.165) is 11.3 Å². The summed E-state index contributed by atoms with van der Waals surface area (Å²) in [5.41, 5.74) is -0.236. The van der Waals surface area contributed by atoms with Crippen molar-refractivity contribution < 1.29 is 29.0 Å². The van der Waals surface area contributed by atoms with Gasteiger partial charge in [-0.2, -0.15) is 0 Å². The minimum atomic E-state index is -0.959. The normalized spacial score (nSPS) is 10.9. The number of hydrogen-bond donors (Lipinski definition) is 4. The number of carboxylic acid groups (broad SMARTS) is 1. The van der Waals surface area contributed by atoms with Crippen LogP contribution in [-0.2, 0) is 9.53 Å². The number of esters is 1. The standard InChI is InChI=1S/C17H25N3O6S/c1-6-26-15(24)11-9(2)12(13(23)18-5)27-14(11)19-16(25)20-17(3,4)8-7-10(21)22/h6-8H2,1-5H3,(H,18,23)(H,21,22)(H2,19,20,25). The summed E-state index contributed by atoms with van der Waals surface area (Å²) in [5, 5.41) is 16.7. The van der Waals surface area contributed by atoms with Crippen LogP contribution in [0.1, 0.15) is 59.2 Å². The second-order valence-electron chi connectivity index (χ2n) is 6.42. The molecule has 9 nitrogen and oxygen atoms in total. The molecule has 0 aromatic carbocycles. The Morgan fingerprint density at radius 2 is 1.85 bits per heavy atom. The fourth-order valence-electron chi connectivity index (χ4n) is 2.30. The topological polar surface area (TPSA) is 134 Å². The summed E-state index contributed by atoms with van der Waals surface area (Å²) >= 11 is 0.967. The third-order valence-corrected chi connectivity index (χ3v) is 4.91. The van der Waals surface area contributed by atoms with Gasteiger partial charge in [-0.15, -0.1) is 11.3 Å². The van der Waals surface area contributed by atoms with Crippen LogP contribution in [0.3, 0.4) is 0 Å². The molecular weight excluding hydrogens is 374 g/mol. The molecule has 1 heterocycles. The second-order valence-corrected chi connectivity index (χ2v) is 7.44. The van der Waals surface area contributed by atoms with Crippen LogP contribution in [0.4, 0.5) is 9.80 Å². The van der Waals surface area contributed by atoms with Crippen molar-refractivity contribution in [1.29, 1.82) is 0 Å². The van der Waals surface area contributed by atoms with Crippen molar-refractivity contribution in [3.63, 3.8) is 0 Å². The zero-order valence-corrected chi connectivity index (χ0v) is 16.8. The predicted molar refractivity (Wildman–Crippen MR) is 102 cm³/mol. The number of aliphatic carboxylic acids is 1. The van der Waals surface area contributed by atoms with Gasteiger partial charge < -0.3 is 20.5 Å². The zero-order valence-electron chi connectivity index (χ0n) is 16.0. The minimum Gasteiger partial charge on any atom is -0.481 e. The van der Waals surface area contributed by atoms with Gasteiger partial charge in [0.25, 0.3) is 5.91 Å². The average Bonchev–Trinajstić information content (AvgIpc) is 2.88. The van der Waals surface area contributed by atoms with Gasteiger partial charge in [0, 0.05) is 19.0 Å². The van der Waals surface area contributed by atoms with E-state index in [1.807, 2.05) is 0 Å². The van der Waals surface area contributed by atoms with Gasteiger partial charge in [-0.05, 0) is 39.7 Å². The van der Waals surface area contributed by atoms with Gasteiger partial charge in [0.15, 0.2) is 0 Å². The Morgan fingerprint density at radius 3 is 2.37 bits per heavy atom. The Bertz CT molecular complexity index is 741. The highest BCUT2D eigenvalue weighted by molar-refractivity contribution is 7.18. The Hall–Kier alpha value is -2.62. The first-order valence-electron chi connectivity index (χ1n) is 8.36. The molecule has 0 aliphatic carbocycles. The second kappa shape index (κ2) is 9.36. The number of carbonyl (C=O) groups excluding carboxylic acids is 3. The van der Waals surface area contributed by atoms with Crippen molar-refractivity contribution in [3.05, 3.63) is 16.0 Å². The maximum Gasteiger partial charge on any atom is 0.341 e. The van der Waals surface area contributed by atoms with Crippen LogP contribution >= 0.6 is 11.3 Å². The highest BCUT2D eigenvalue weighted by atomic mass is 32.1. The van der Waals surface area contributed by atoms with Gasteiger partial charge >= 0.3 is 18.0 Å². The van der Waals surface area contributed by atoms with E-state index in [1.165, 1.54) is 7.05 Å². The molecule has 4 N–H and O–H groups in total. The molecule has 1 aromatic rings. The lowest BCUT2D eigenvalue weighted by Gasteiger charge is -2.25. The van der Waals surface area contributed by atoms with Crippen molar-refractivity contribution >= 4 is 40.2 Å². The highest BCUT2D eigenvalue weighted by Gasteiger charge is 2.28. The van der Waals surface area contributed by atoms with Crippen LogP contribution < -0.4 is 16.0 Å². The predicted octanol–water partition coefficient (Wildman–Crippen LogP) is 2.36. The van der Waals surface area contributed by atoms with Crippen molar-refractivity contribution in [2.75, 3.05) is 19.0 Å². The van der Waals surface area contributed by atoms with E-state index in [0.29, 0.717) is 10.4 Å². The van der Waals surface area contributed by atoms with Gasteiger partial charge in [0.2, 0.25) is 0 Å². The maximum absolute atomic E-state index is 12.3. The molecular formula is C17H25N3O6S. The number of carboxylic acids is 1. The number of hydrogen-bond acceptors (Lipinski definition) is 6. The zero-order chi connectivity index (χ0) is 20.8. The molecule has 0 unspecified atom stereocenters. The number of nitrogens with one attached hydrogen (secondary N) is 3. The minimum absolute atomic E-state index is 0.0969. The first-order chi connectivity index (χ1) is 12.5. The molecule has 0 saturated carbocycles. The van der Waals surface area contributed by atoms with Crippen LogP contribution in [0.25, 0.3) is 0 Å². The molecule has 3 amide bonds. The number of ether oxygens (including phenoxy) is 1. The summed E-state index contributed by atoms with van der Waals surface area (Å²) in [5.74, 6) is -1.97. The fraction of sp³-hybridized carbons (Fsp3) is 0.529. The molecule has 0 aliphatic heterocycles. The third kappa shape index (κ3) is 6.24. The van der Waals surface area contributed by atoms with Gasteiger partial charge in [-0.25, -0.2) is 9.59 Å². The highest BCUT2D eigenvalue weighted by Crippen LogP contribution is 2.33. The lowest BCUT2D eigenvalue weighted by molar-refractivity contribution is -0.137. The van der Waals surface area contributed by atoms with Gasteiger partial charge in [0.05, 0.1) is 17.0 Å². The Kier molecular flexibility index (Phi) is 7.77. The van der Waals surface area contributed by atoms with E-state index in [2.05, 4.69) is 16.0 Å².